The molecule has 0 fully saturated rings. The number of pyridine rings is 2. The normalized spacial score (nSPS) is 11.3. The van der Waals surface area contributed by atoms with Crippen LogP contribution in [0.3, 0.4) is 0 Å². The monoisotopic (exact) mass is 512 g/mol. The molecule has 1 N–H and O–H groups in total. The summed E-state index contributed by atoms with van der Waals surface area (Å²) in [6.07, 6.45) is 4.93. The lowest BCUT2D eigenvalue weighted by molar-refractivity contribution is 0.0636. The van der Waals surface area contributed by atoms with Gasteiger partial charge in [0.15, 0.2) is 0 Å². The van der Waals surface area contributed by atoms with E-state index in [2.05, 4.69) is 25.4 Å². The molecule has 0 spiro atoms. The molecule has 0 atom stereocenters. The van der Waals surface area contributed by atoms with Crippen molar-refractivity contribution in [2.45, 2.75) is 32.8 Å². The Morgan fingerprint density at radius 2 is 1.73 bits per heavy atom. The minimum Gasteiger partial charge on any atom is -0.444 e. The van der Waals surface area contributed by atoms with Crippen molar-refractivity contribution in [3.8, 4) is 33.2 Å². The number of amides is 1. The maximum absolute atomic E-state index is 11.9. The van der Waals surface area contributed by atoms with Crippen LogP contribution in [0.15, 0.2) is 77.0 Å². The molecule has 0 saturated heterocycles. The van der Waals surface area contributed by atoms with Gasteiger partial charge >= 0.3 is 6.09 Å². The number of carbonyl (C=O) groups is 1. The number of hydrogen-bond donors (Lipinski definition) is 1. The maximum atomic E-state index is 11.9. The van der Waals surface area contributed by atoms with Crippen LogP contribution < -0.4 is 5.32 Å². The Hall–Kier alpha value is -4.44. The molecule has 0 saturated carbocycles. The van der Waals surface area contributed by atoms with Gasteiger partial charge in [0.25, 0.3) is 0 Å². The quantitative estimate of drug-likeness (QED) is 0.284. The molecule has 1 amide bonds. The lowest BCUT2D eigenvalue weighted by Crippen LogP contribution is -2.27. The Morgan fingerprint density at radius 3 is 2.43 bits per heavy atom. The number of carbonyl (C=O) groups excluding carboxylic acids is 1. The molecule has 0 radical (unpaired) electrons. The molecule has 1 aromatic carbocycles. The number of nitrogens with one attached hydrogen (secondary N) is 1. The first-order chi connectivity index (χ1) is 17.8. The van der Waals surface area contributed by atoms with E-state index < -0.39 is 11.7 Å². The van der Waals surface area contributed by atoms with Crippen LogP contribution in [0.4, 0.5) is 10.5 Å². The standard InChI is InChI=1S/C27H24N6O3S/c1-27(2,3)35-26(34)30-21-9-8-20(29-15-21)14-23-32-24(33-36-23)18-6-4-17(5-7-18)22-16-37-25(31-22)19-10-12-28-13-11-19/h4-13,15-16H,14H2,1-3H3,(H,30,34). The maximum Gasteiger partial charge on any atom is 0.412 e. The molecule has 0 aliphatic rings. The molecule has 9 nitrogen and oxygen atoms in total. The summed E-state index contributed by atoms with van der Waals surface area (Å²) in [5.41, 5.74) is 4.50. The van der Waals surface area contributed by atoms with Gasteiger partial charge in [0.1, 0.15) is 10.6 Å². The Labute approximate surface area is 217 Å². The topological polar surface area (TPSA) is 116 Å². The second-order valence-corrected chi connectivity index (χ2v) is 10.1. The zero-order valence-corrected chi connectivity index (χ0v) is 21.3. The molecule has 0 aliphatic carbocycles. The average Bonchev–Trinajstić information content (AvgIpc) is 3.55. The molecule has 5 rings (SSSR count). The van der Waals surface area contributed by atoms with Crippen molar-refractivity contribution in [1.29, 1.82) is 0 Å². The third-order valence-corrected chi connectivity index (χ3v) is 6.03. The number of hydrogen-bond acceptors (Lipinski definition) is 9. The van der Waals surface area contributed by atoms with E-state index in [0.717, 1.165) is 33.1 Å². The second-order valence-electron chi connectivity index (χ2n) is 9.20. The van der Waals surface area contributed by atoms with E-state index in [0.29, 0.717) is 23.8 Å². The van der Waals surface area contributed by atoms with Crippen LogP contribution >= 0.6 is 11.3 Å². The van der Waals surface area contributed by atoms with Crippen LogP contribution in [-0.4, -0.2) is 36.8 Å². The molecule has 0 aliphatic heterocycles. The minimum absolute atomic E-state index is 0.369. The Kier molecular flexibility index (Phi) is 6.74. The van der Waals surface area contributed by atoms with Crippen molar-refractivity contribution in [3.05, 3.63) is 84.1 Å². The van der Waals surface area contributed by atoms with Crippen molar-refractivity contribution in [1.82, 2.24) is 25.1 Å². The Balaban J connectivity index is 1.21. The van der Waals surface area contributed by atoms with Crippen molar-refractivity contribution >= 4 is 23.1 Å². The van der Waals surface area contributed by atoms with Crippen molar-refractivity contribution in [2.75, 3.05) is 5.32 Å². The first-order valence-corrected chi connectivity index (χ1v) is 12.4. The fraction of sp³-hybridized carbons (Fsp3) is 0.185. The van der Waals surface area contributed by atoms with Gasteiger partial charge in [0.05, 0.1) is 24.0 Å². The van der Waals surface area contributed by atoms with Gasteiger partial charge in [-0.1, -0.05) is 29.4 Å². The van der Waals surface area contributed by atoms with Gasteiger partial charge in [-0.2, -0.15) is 4.98 Å². The fourth-order valence-electron chi connectivity index (χ4n) is 3.45. The Bertz CT molecular complexity index is 1490. The number of nitrogens with zero attached hydrogens (tertiary/aromatic N) is 5. The smallest absolute Gasteiger partial charge is 0.412 e. The van der Waals surface area contributed by atoms with Gasteiger partial charge in [0, 0.05) is 40.2 Å². The summed E-state index contributed by atoms with van der Waals surface area (Å²) in [5.74, 6) is 0.946. The summed E-state index contributed by atoms with van der Waals surface area (Å²) < 4.78 is 10.7. The van der Waals surface area contributed by atoms with Gasteiger partial charge in [-0.05, 0) is 45.0 Å². The average molecular weight is 513 g/mol. The van der Waals surface area contributed by atoms with Crippen LogP contribution in [-0.2, 0) is 11.2 Å². The zero-order chi connectivity index (χ0) is 25.8. The zero-order valence-electron chi connectivity index (χ0n) is 20.5. The van der Waals surface area contributed by atoms with Gasteiger partial charge in [-0.15, -0.1) is 11.3 Å². The van der Waals surface area contributed by atoms with Gasteiger partial charge < -0.3 is 9.26 Å². The summed E-state index contributed by atoms with van der Waals surface area (Å²) in [5, 5.41) is 9.76. The highest BCUT2D eigenvalue weighted by atomic mass is 32.1. The molecule has 37 heavy (non-hydrogen) atoms. The number of benzene rings is 1. The lowest BCUT2D eigenvalue weighted by atomic mass is 10.1. The minimum atomic E-state index is -0.571. The lowest BCUT2D eigenvalue weighted by Gasteiger charge is -2.19. The first-order valence-electron chi connectivity index (χ1n) is 11.6. The highest BCUT2D eigenvalue weighted by molar-refractivity contribution is 7.13. The van der Waals surface area contributed by atoms with Crippen LogP contribution in [0.25, 0.3) is 33.2 Å². The largest absolute Gasteiger partial charge is 0.444 e. The number of anilines is 1. The van der Waals surface area contributed by atoms with Crippen molar-refractivity contribution in [3.63, 3.8) is 0 Å². The van der Waals surface area contributed by atoms with Crippen LogP contribution in [0.2, 0.25) is 0 Å². The molecule has 186 valence electrons. The number of aromatic nitrogens is 5. The molecule has 10 heteroatoms. The molecule has 0 bridgehead atoms. The van der Waals surface area contributed by atoms with E-state index in [1.807, 2.05) is 62.5 Å². The fourth-order valence-corrected chi connectivity index (χ4v) is 4.28. The van der Waals surface area contributed by atoms with E-state index in [-0.39, 0.29) is 0 Å². The second kappa shape index (κ2) is 10.3. The van der Waals surface area contributed by atoms with Gasteiger partial charge in [-0.25, -0.2) is 9.78 Å². The highest BCUT2D eigenvalue weighted by Crippen LogP contribution is 2.29. The molecular formula is C27H24N6O3S. The number of rotatable bonds is 6. The van der Waals surface area contributed by atoms with E-state index >= 15 is 0 Å². The Morgan fingerprint density at radius 1 is 0.973 bits per heavy atom. The van der Waals surface area contributed by atoms with Gasteiger partial charge in [0.2, 0.25) is 11.7 Å². The summed E-state index contributed by atoms with van der Waals surface area (Å²) in [6.45, 7) is 5.42. The summed E-state index contributed by atoms with van der Waals surface area (Å²) in [6, 6.07) is 15.3. The summed E-state index contributed by atoms with van der Waals surface area (Å²) in [7, 11) is 0. The molecule has 0 unspecified atom stereocenters. The van der Waals surface area contributed by atoms with E-state index in [9.17, 15) is 4.79 Å². The van der Waals surface area contributed by atoms with Crippen LogP contribution in [0.1, 0.15) is 32.4 Å². The van der Waals surface area contributed by atoms with Crippen molar-refractivity contribution in [2.24, 2.45) is 0 Å². The molecule has 4 heterocycles. The van der Waals surface area contributed by atoms with Crippen LogP contribution in [0.5, 0.6) is 0 Å². The summed E-state index contributed by atoms with van der Waals surface area (Å²) in [4.78, 5) is 29.6. The predicted octanol–water partition coefficient (Wildman–Crippen LogP) is 6.25. The highest BCUT2D eigenvalue weighted by Gasteiger charge is 2.16. The van der Waals surface area contributed by atoms with E-state index in [4.69, 9.17) is 14.2 Å². The van der Waals surface area contributed by atoms with Crippen molar-refractivity contribution < 1.29 is 14.1 Å². The van der Waals surface area contributed by atoms with E-state index in [1.165, 1.54) is 0 Å². The van der Waals surface area contributed by atoms with Crippen LogP contribution in [0, 0.1) is 0 Å². The summed E-state index contributed by atoms with van der Waals surface area (Å²) >= 11 is 1.60. The SMILES string of the molecule is CC(C)(C)OC(=O)Nc1ccc(Cc2nc(-c3ccc(-c4csc(-c5ccncc5)n4)cc3)no2)nc1. The third-order valence-electron chi connectivity index (χ3n) is 5.14. The third kappa shape index (κ3) is 6.22. The van der Waals surface area contributed by atoms with Gasteiger partial charge in [-0.3, -0.25) is 15.3 Å². The predicted molar refractivity (Wildman–Crippen MR) is 141 cm³/mol. The molecular weight excluding hydrogens is 488 g/mol. The molecule has 4 aromatic heterocycles. The van der Waals surface area contributed by atoms with E-state index in [1.54, 1.807) is 42.1 Å². The first kappa shape index (κ1) is 24.3. The molecule has 5 aromatic rings. The number of ether oxygens (including phenoxy) is 1. The number of thiazole rings is 1.